The number of methoxy groups -OCH3 is 2. The summed E-state index contributed by atoms with van der Waals surface area (Å²) in [5.74, 6) is 0.0983. The first-order valence-electron chi connectivity index (χ1n) is 10.7. The molecule has 0 aliphatic heterocycles. The van der Waals surface area contributed by atoms with Crippen LogP contribution in [0.2, 0.25) is 0 Å². The SMILES string of the molecule is COc1cccc(C=C(NC(=O)c2ccccc2)C(=O)Nc2cccc3ccccc23)c1OC. The maximum absolute atomic E-state index is 13.4. The number of amides is 2. The fraction of sp³-hybridized carbons (Fsp3) is 0.0714. The Kier molecular flexibility index (Phi) is 6.89. The van der Waals surface area contributed by atoms with Gasteiger partial charge in [-0.05, 0) is 35.7 Å². The van der Waals surface area contributed by atoms with Gasteiger partial charge in [-0.2, -0.15) is 0 Å². The predicted molar refractivity (Wildman–Crippen MR) is 134 cm³/mol. The Labute approximate surface area is 197 Å². The van der Waals surface area contributed by atoms with Crippen LogP contribution in [-0.2, 0) is 4.79 Å². The molecule has 0 saturated carbocycles. The van der Waals surface area contributed by atoms with Crippen molar-refractivity contribution in [1.82, 2.24) is 5.32 Å². The molecule has 4 aromatic rings. The second kappa shape index (κ2) is 10.4. The lowest BCUT2D eigenvalue weighted by Gasteiger charge is -2.14. The zero-order valence-corrected chi connectivity index (χ0v) is 18.9. The van der Waals surface area contributed by atoms with E-state index in [1.807, 2.05) is 48.5 Å². The van der Waals surface area contributed by atoms with Gasteiger partial charge in [-0.15, -0.1) is 0 Å². The molecule has 170 valence electrons. The number of carbonyl (C=O) groups excluding carboxylic acids is 2. The van der Waals surface area contributed by atoms with Gasteiger partial charge in [-0.3, -0.25) is 9.59 Å². The number of ether oxygens (including phenoxy) is 2. The smallest absolute Gasteiger partial charge is 0.272 e. The van der Waals surface area contributed by atoms with Gasteiger partial charge in [0.2, 0.25) is 0 Å². The van der Waals surface area contributed by atoms with E-state index >= 15 is 0 Å². The third-order valence-electron chi connectivity index (χ3n) is 5.30. The fourth-order valence-corrected chi connectivity index (χ4v) is 3.65. The van der Waals surface area contributed by atoms with E-state index < -0.39 is 11.8 Å². The Hall–Kier alpha value is -4.58. The van der Waals surface area contributed by atoms with Crippen molar-refractivity contribution in [3.05, 3.63) is 108 Å². The van der Waals surface area contributed by atoms with Crippen LogP contribution < -0.4 is 20.1 Å². The molecule has 2 N–H and O–H groups in total. The number of hydrogen-bond donors (Lipinski definition) is 2. The van der Waals surface area contributed by atoms with Crippen LogP contribution in [0.4, 0.5) is 5.69 Å². The van der Waals surface area contributed by atoms with Crippen LogP contribution >= 0.6 is 0 Å². The van der Waals surface area contributed by atoms with Crippen LogP contribution in [0.5, 0.6) is 11.5 Å². The van der Waals surface area contributed by atoms with E-state index in [1.54, 1.807) is 48.5 Å². The normalized spacial score (nSPS) is 11.1. The summed E-state index contributed by atoms with van der Waals surface area (Å²) in [6.07, 6.45) is 1.57. The van der Waals surface area contributed by atoms with Crippen LogP contribution in [0.3, 0.4) is 0 Å². The van der Waals surface area contributed by atoms with Crippen molar-refractivity contribution in [2.24, 2.45) is 0 Å². The van der Waals surface area contributed by atoms with E-state index in [9.17, 15) is 9.59 Å². The summed E-state index contributed by atoms with van der Waals surface area (Å²) in [4.78, 5) is 26.3. The Balaban J connectivity index is 1.73. The molecular formula is C28H24N2O4. The predicted octanol–water partition coefficient (Wildman–Crippen LogP) is 5.27. The average Bonchev–Trinajstić information content (AvgIpc) is 2.88. The van der Waals surface area contributed by atoms with E-state index in [0.29, 0.717) is 28.3 Å². The van der Waals surface area contributed by atoms with Crippen LogP contribution in [0.15, 0.2) is 96.7 Å². The molecule has 0 radical (unpaired) electrons. The molecule has 0 heterocycles. The maximum atomic E-state index is 13.4. The third kappa shape index (κ3) is 4.91. The molecule has 6 nitrogen and oxygen atoms in total. The van der Waals surface area contributed by atoms with Gasteiger partial charge in [0.05, 0.1) is 14.2 Å². The van der Waals surface area contributed by atoms with Gasteiger partial charge in [0, 0.05) is 22.2 Å². The first kappa shape index (κ1) is 22.6. The van der Waals surface area contributed by atoms with Gasteiger partial charge >= 0.3 is 0 Å². The molecule has 0 saturated heterocycles. The largest absolute Gasteiger partial charge is 0.493 e. The molecule has 0 aliphatic rings. The minimum Gasteiger partial charge on any atom is -0.493 e. The molecule has 34 heavy (non-hydrogen) atoms. The minimum atomic E-state index is -0.467. The van der Waals surface area contributed by atoms with Crippen molar-refractivity contribution in [2.75, 3.05) is 19.5 Å². The molecule has 0 atom stereocenters. The van der Waals surface area contributed by atoms with Crippen molar-refractivity contribution >= 4 is 34.4 Å². The Morgan fingerprint density at radius 1 is 0.765 bits per heavy atom. The molecule has 0 bridgehead atoms. The molecule has 0 aromatic heterocycles. The van der Waals surface area contributed by atoms with E-state index in [0.717, 1.165) is 10.8 Å². The standard InChI is InChI=1S/C28H24N2O4/c1-33-25-17-9-14-21(26(25)34-2)18-24(30-27(31)20-11-4-3-5-12-20)28(32)29-23-16-8-13-19-10-6-7-15-22(19)23/h3-18H,1-2H3,(H,29,32)(H,30,31). The molecule has 0 aliphatic carbocycles. The number of hydrogen-bond acceptors (Lipinski definition) is 4. The lowest BCUT2D eigenvalue weighted by molar-refractivity contribution is -0.113. The third-order valence-corrected chi connectivity index (χ3v) is 5.30. The number of nitrogens with one attached hydrogen (secondary N) is 2. The number of rotatable bonds is 7. The zero-order valence-electron chi connectivity index (χ0n) is 18.9. The Bertz CT molecular complexity index is 1360. The Morgan fingerprint density at radius 2 is 1.47 bits per heavy atom. The van der Waals surface area contributed by atoms with Gasteiger partial charge in [-0.1, -0.05) is 66.7 Å². The summed E-state index contributed by atoms with van der Waals surface area (Å²) < 4.78 is 10.9. The Morgan fingerprint density at radius 3 is 2.24 bits per heavy atom. The number of benzene rings is 4. The molecule has 0 spiro atoms. The number of fused-ring (bicyclic) bond motifs is 1. The first-order chi connectivity index (χ1) is 16.6. The highest BCUT2D eigenvalue weighted by molar-refractivity contribution is 6.13. The van der Waals surface area contributed by atoms with E-state index in [4.69, 9.17) is 9.47 Å². The monoisotopic (exact) mass is 452 g/mol. The minimum absolute atomic E-state index is 0.0633. The van der Waals surface area contributed by atoms with Crippen LogP contribution in [-0.4, -0.2) is 26.0 Å². The van der Waals surface area contributed by atoms with Crippen molar-refractivity contribution in [3.63, 3.8) is 0 Å². The highest BCUT2D eigenvalue weighted by Crippen LogP contribution is 2.32. The van der Waals surface area contributed by atoms with Gasteiger partial charge in [0.15, 0.2) is 11.5 Å². The van der Waals surface area contributed by atoms with Gasteiger partial charge in [0.25, 0.3) is 11.8 Å². The highest BCUT2D eigenvalue weighted by Gasteiger charge is 2.18. The van der Waals surface area contributed by atoms with Crippen LogP contribution in [0, 0.1) is 0 Å². The molecule has 0 fully saturated rings. The summed E-state index contributed by atoms with van der Waals surface area (Å²) >= 11 is 0. The maximum Gasteiger partial charge on any atom is 0.272 e. The summed E-state index contributed by atoms with van der Waals surface area (Å²) in [6.45, 7) is 0. The van der Waals surface area contributed by atoms with Crippen molar-refractivity contribution in [2.45, 2.75) is 0 Å². The lowest BCUT2D eigenvalue weighted by atomic mass is 10.1. The van der Waals surface area contributed by atoms with Crippen molar-refractivity contribution in [1.29, 1.82) is 0 Å². The quantitative estimate of drug-likeness (QED) is 0.375. The van der Waals surface area contributed by atoms with Crippen molar-refractivity contribution < 1.29 is 19.1 Å². The second-order valence-corrected chi connectivity index (χ2v) is 7.44. The summed E-state index contributed by atoms with van der Waals surface area (Å²) in [5.41, 5.74) is 1.72. The molecule has 2 amide bonds. The van der Waals surface area contributed by atoms with Crippen molar-refractivity contribution in [3.8, 4) is 11.5 Å². The molecule has 6 heteroatoms. The topological polar surface area (TPSA) is 76.7 Å². The van der Waals surface area contributed by atoms with Gasteiger partial charge < -0.3 is 20.1 Å². The summed E-state index contributed by atoms with van der Waals surface area (Å²) in [5, 5.41) is 7.58. The average molecular weight is 453 g/mol. The zero-order chi connectivity index (χ0) is 23.9. The summed E-state index contributed by atoms with van der Waals surface area (Å²) in [6, 6.07) is 27.5. The summed E-state index contributed by atoms with van der Waals surface area (Å²) in [7, 11) is 3.06. The van der Waals surface area contributed by atoms with Crippen LogP contribution in [0.1, 0.15) is 15.9 Å². The fourth-order valence-electron chi connectivity index (χ4n) is 3.65. The van der Waals surface area contributed by atoms with Crippen LogP contribution in [0.25, 0.3) is 16.8 Å². The molecule has 4 rings (SSSR count). The molecule has 0 unspecified atom stereocenters. The number of carbonyl (C=O) groups is 2. The number of anilines is 1. The first-order valence-corrected chi connectivity index (χ1v) is 10.7. The van der Waals surface area contributed by atoms with E-state index in [2.05, 4.69) is 10.6 Å². The molecular weight excluding hydrogens is 428 g/mol. The lowest BCUT2D eigenvalue weighted by Crippen LogP contribution is -2.30. The van der Waals surface area contributed by atoms with E-state index in [-0.39, 0.29) is 5.70 Å². The van der Waals surface area contributed by atoms with Gasteiger partial charge in [-0.25, -0.2) is 0 Å². The second-order valence-electron chi connectivity index (χ2n) is 7.44. The highest BCUT2D eigenvalue weighted by atomic mass is 16.5. The van der Waals surface area contributed by atoms with E-state index in [1.165, 1.54) is 14.2 Å². The van der Waals surface area contributed by atoms with Gasteiger partial charge in [0.1, 0.15) is 5.70 Å². The molecule has 4 aromatic carbocycles. The number of para-hydroxylation sites is 1.